The topological polar surface area (TPSA) is 47.9 Å². The Bertz CT molecular complexity index is 743. The number of nitrogens with zero attached hydrogens (tertiary/aromatic N) is 1. The number of carbonyl (C=O) groups is 1. The van der Waals surface area contributed by atoms with Crippen LogP contribution in [0.3, 0.4) is 0 Å². The van der Waals surface area contributed by atoms with Gasteiger partial charge in [-0.05, 0) is 55.3 Å². The van der Waals surface area contributed by atoms with Crippen LogP contribution in [0.1, 0.15) is 36.2 Å². The monoisotopic (exact) mass is 345 g/mol. The first-order valence-electron chi connectivity index (χ1n) is 7.72. The first-order valence-corrected chi connectivity index (χ1v) is 8.10. The summed E-state index contributed by atoms with van der Waals surface area (Å²) in [5, 5.41) is 0.544. The minimum absolute atomic E-state index is 0.114. The third kappa shape index (κ3) is 4.83. The van der Waals surface area contributed by atoms with Gasteiger partial charge < -0.3 is 9.47 Å². The number of esters is 1. The Labute approximate surface area is 147 Å². The number of ether oxygens (including phenoxy) is 2. The minimum Gasteiger partial charge on any atom is -0.489 e. The van der Waals surface area contributed by atoms with Crippen LogP contribution in [-0.2, 0) is 4.74 Å². The number of methoxy groups -OCH3 is 1. The minimum atomic E-state index is -0.387. The summed E-state index contributed by atoms with van der Waals surface area (Å²) in [5.74, 6) is 0.275. The van der Waals surface area contributed by atoms with Gasteiger partial charge in [-0.2, -0.15) is 0 Å². The molecule has 4 nitrogen and oxygen atoms in total. The molecule has 0 N–H and O–H groups in total. The molecule has 1 atom stereocenters. The summed E-state index contributed by atoms with van der Waals surface area (Å²) < 4.78 is 10.4. The fourth-order valence-corrected chi connectivity index (χ4v) is 2.21. The molecule has 0 aromatic heterocycles. The van der Waals surface area contributed by atoms with Gasteiger partial charge in [-0.25, -0.2) is 4.79 Å². The van der Waals surface area contributed by atoms with E-state index >= 15 is 0 Å². The molecule has 0 unspecified atom stereocenters. The van der Waals surface area contributed by atoms with Crippen LogP contribution in [0.15, 0.2) is 47.5 Å². The third-order valence-electron chi connectivity index (χ3n) is 3.49. The maximum atomic E-state index is 11.5. The summed E-state index contributed by atoms with van der Waals surface area (Å²) in [5.41, 5.74) is 1.97. The van der Waals surface area contributed by atoms with Crippen molar-refractivity contribution in [1.82, 2.24) is 0 Å². The number of hydrogen-bond acceptors (Lipinski definition) is 4. The van der Waals surface area contributed by atoms with E-state index in [1.165, 1.54) is 7.11 Å². The van der Waals surface area contributed by atoms with E-state index in [1.807, 2.05) is 25.1 Å². The Morgan fingerprint density at radius 2 is 2.08 bits per heavy atom. The lowest BCUT2D eigenvalue weighted by Gasteiger charge is -2.13. The van der Waals surface area contributed by atoms with Gasteiger partial charge in [0.2, 0.25) is 0 Å². The van der Waals surface area contributed by atoms with Gasteiger partial charge in [-0.15, -0.1) is 0 Å². The highest BCUT2D eigenvalue weighted by Gasteiger charge is 2.07. The molecule has 0 bridgehead atoms. The van der Waals surface area contributed by atoms with Crippen LogP contribution in [0.25, 0.3) is 0 Å². The summed E-state index contributed by atoms with van der Waals surface area (Å²) in [6.07, 6.45) is 2.72. The molecule has 0 radical (unpaired) electrons. The van der Waals surface area contributed by atoms with Crippen LogP contribution >= 0.6 is 11.6 Å². The van der Waals surface area contributed by atoms with E-state index in [-0.39, 0.29) is 12.1 Å². The molecular formula is C19H20ClNO3. The zero-order chi connectivity index (χ0) is 17.5. The van der Waals surface area contributed by atoms with Crippen molar-refractivity contribution in [2.75, 3.05) is 7.11 Å². The van der Waals surface area contributed by atoms with Crippen molar-refractivity contribution < 1.29 is 14.3 Å². The SMILES string of the molecule is CC[C@@H](C)Oc1ccc(C=Nc2cccc(C(=O)OC)c2)cc1Cl. The molecule has 0 fully saturated rings. The maximum Gasteiger partial charge on any atom is 0.337 e. The summed E-state index contributed by atoms with van der Waals surface area (Å²) in [6.45, 7) is 4.06. The van der Waals surface area contributed by atoms with Gasteiger partial charge in [0.05, 0.1) is 29.5 Å². The van der Waals surface area contributed by atoms with Crippen molar-refractivity contribution in [1.29, 1.82) is 0 Å². The van der Waals surface area contributed by atoms with E-state index < -0.39 is 0 Å². The average molecular weight is 346 g/mol. The lowest BCUT2D eigenvalue weighted by Crippen LogP contribution is -2.09. The van der Waals surface area contributed by atoms with Crippen molar-refractivity contribution in [2.24, 2.45) is 4.99 Å². The number of rotatable bonds is 6. The Kier molecular flexibility index (Phi) is 6.38. The Morgan fingerprint density at radius 3 is 2.75 bits per heavy atom. The Hall–Kier alpha value is -2.33. The quantitative estimate of drug-likeness (QED) is 0.543. The molecule has 5 heteroatoms. The summed E-state index contributed by atoms with van der Waals surface area (Å²) >= 11 is 6.25. The molecule has 0 heterocycles. The second-order valence-electron chi connectivity index (χ2n) is 5.33. The average Bonchev–Trinajstić information content (AvgIpc) is 2.61. The molecule has 0 aliphatic heterocycles. The molecular weight excluding hydrogens is 326 g/mol. The standard InChI is InChI=1S/C19H20ClNO3/c1-4-13(2)24-18-9-8-14(10-17(18)20)12-21-16-7-5-6-15(11-16)19(22)23-3/h5-13H,4H2,1-3H3/t13-/m1/s1. The second kappa shape index (κ2) is 8.50. The smallest absolute Gasteiger partial charge is 0.337 e. The lowest BCUT2D eigenvalue weighted by molar-refractivity contribution is 0.0601. The van der Waals surface area contributed by atoms with Gasteiger partial charge >= 0.3 is 5.97 Å². The van der Waals surface area contributed by atoms with Crippen LogP contribution in [-0.4, -0.2) is 25.4 Å². The van der Waals surface area contributed by atoms with Gasteiger partial charge in [-0.3, -0.25) is 4.99 Å². The van der Waals surface area contributed by atoms with Crippen molar-refractivity contribution in [3.05, 3.63) is 58.6 Å². The van der Waals surface area contributed by atoms with Crippen molar-refractivity contribution in [3.63, 3.8) is 0 Å². The molecule has 126 valence electrons. The van der Waals surface area contributed by atoms with Crippen LogP contribution < -0.4 is 4.74 Å². The number of aliphatic imine (C=N–C) groups is 1. The first kappa shape index (κ1) is 18.0. The van der Waals surface area contributed by atoms with E-state index in [4.69, 9.17) is 21.1 Å². The molecule has 2 rings (SSSR count). The van der Waals surface area contributed by atoms with Gasteiger partial charge in [0, 0.05) is 6.21 Å². The van der Waals surface area contributed by atoms with Crippen LogP contribution in [0.4, 0.5) is 5.69 Å². The molecule has 0 saturated heterocycles. The Morgan fingerprint density at radius 1 is 1.29 bits per heavy atom. The third-order valence-corrected chi connectivity index (χ3v) is 3.78. The van der Waals surface area contributed by atoms with Crippen LogP contribution in [0.2, 0.25) is 5.02 Å². The molecule has 2 aromatic carbocycles. The van der Waals surface area contributed by atoms with Crippen LogP contribution in [0, 0.1) is 0 Å². The fraction of sp³-hybridized carbons (Fsp3) is 0.263. The van der Waals surface area contributed by atoms with Gasteiger partial charge in [-0.1, -0.05) is 24.6 Å². The Balaban J connectivity index is 2.15. The molecule has 0 spiro atoms. The van der Waals surface area contributed by atoms with E-state index in [2.05, 4.69) is 11.9 Å². The highest BCUT2D eigenvalue weighted by Crippen LogP contribution is 2.26. The lowest BCUT2D eigenvalue weighted by atomic mass is 10.2. The van der Waals surface area contributed by atoms with Crippen molar-refractivity contribution in [3.8, 4) is 5.75 Å². The predicted octanol–water partition coefficient (Wildman–Crippen LogP) is 5.05. The number of benzene rings is 2. The zero-order valence-electron chi connectivity index (χ0n) is 14.0. The molecule has 0 aliphatic rings. The zero-order valence-corrected chi connectivity index (χ0v) is 14.7. The summed E-state index contributed by atoms with van der Waals surface area (Å²) in [4.78, 5) is 15.9. The summed E-state index contributed by atoms with van der Waals surface area (Å²) in [7, 11) is 1.35. The molecule has 0 amide bonds. The largest absolute Gasteiger partial charge is 0.489 e. The second-order valence-corrected chi connectivity index (χ2v) is 5.73. The van der Waals surface area contributed by atoms with Gasteiger partial charge in [0.15, 0.2) is 0 Å². The predicted molar refractivity (Wildman–Crippen MR) is 96.9 cm³/mol. The number of hydrogen-bond donors (Lipinski definition) is 0. The highest BCUT2D eigenvalue weighted by molar-refractivity contribution is 6.32. The number of carbonyl (C=O) groups excluding carboxylic acids is 1. The van der Waals surface area contributed by atoms with Crippen molar-refractivity contribution >= 4 is 29.5 Å². The first-order chi connectivity index (χ1) is 11.5. The van der Waals surface area contributed by atoms with Gasteiger partial charge in [0.25, 0.3) is 0 Å². The van der Waals surface area contributed by atoms with E-state index in [9.17, 15) is 4.79 Å². The molecule has 0 saturated carbocycles. The highest BCUT2D eigenvalue weighted by atomic mass is 35.5. The van der Waals surface area contributed by atoms with E-state index in [0.29, 0.717) is 22.0 Å². The van der Waals surface area contributed by atoms with E-state index in [0.717, 1.165) is 12.0 Å². The van der Waals surface area contributed by atoms with Crippen LogP contribution in [0.5, 0.6) is 5.75 Å². The van der Waals surface area contributed by atoms with E-state index in [1.54, 1.807) is 30.5 Å². The van der Waals surface area contributed by atoms with Crippen molar-refractivity contribution in [2.45, 2.75) is 26.4 Å². The normalized spacial score (nSPS) is 12.2. The summed E-state index contributed by atoms with van der Waals surface area (Å²) in [6, 6.07) is 12.4. The number of halogens is 1. The molecule has 24 heavy (non-hydrogen) atoms. The van der Waals surface area contributed by atoms with Gasteiger partial charge in [0.1, 0.15) is 5.75 Å². The molecule has 0 aliphatic carbocycles. The maximum absolute atomic E-state index is 11.5. The molecule has 2 aromatic rings. The fourth-order valence-electron chi connectivity index (χ4n) is 1.97.